The first-order chi connectivity index (χ1) is 10.2. The lowest BCUT2D eigenvalue weighted by Gasteiger charge is -2.07. The molecule has 0 fully saturated rings. The minimum atomic E-state index is -0.597. The Hall–Kier alpha value is -2.75. The molecule has 0 aliphatic heterocycles. The molecule has 3 aromatic rings. The van der Waals surface area contributed by atoms with Crippen LogP contribution in [0.1, 0.15) is 15.9 Å². The fraction of sp³-hybridized carbons (Fsp3) is 0.0588. The maximum absolute atomic E-state index is 14.1. The van der Waals surface area contributed by atoms with E-state index in [4.69, 9.17) is 4.74 Å². The Balaban J connectivity index is 2.13. The van der Waals surface area contributed by atoms with E-state index < -0.39 is 5.82 Å². The molecule has 0 radical (unpaired) electrons. The van der Waals surface area contributed by atoms with Crippen LogP contribution in [0.4, 0.5) is 4.39 Å². The molecule has 0 unspecified atom stereocenters. The van der Waals surface area contributed by atoms with Crippen molar-refractivity contribution >= 4 is 16.6 Å². The molecule has 2 aromatic carbocycles. The summed E-state index contributed by atoms with van der Waals surface area (Å²) in [5.74, 6) is -0.586. The van der Waals surface area contributed by atoms with Crippen molar-refractivity contribution in [1.82, 2.24) is 4.98 Å². The van der Waals surface area contributed by atoms with Gasteiger partial charge in [0.2, 0.25) is 0 Å². The second kappa shape index (κ2) is 5.32. The Labute approximate surface area is 121 Å². The number of pyridine rings is 1. The zero-order valence-corrected chi connectivity index (χ0v) is 11.3. The maximum atomic E-state index is 14.1. The van der Waals surface area contributed by atoms with Crippen LogP contribution in [0.2, 0.25) is 0 Å². The van der Waals surface area contributed by atoms with Crippen LogP contribution >= 0.6 is 0 Å². The van der Waals surface area contributed by atoms with Crippen molar-refractivity contribution in [2.75, 3.05) is 7.11 Å². The highest BCUT2D eigenvalue weighted by atomic mass is 19.1. The van der Waals surface area contributed by atoms with Gasteiger partial charge >= 0.3 is 0 Å². The van der Waals surface area contributed by atoms with Gasteiger partial charge in [0.05, 0.1) is 12.7 Å². The van der Waals surface area contributed by atoms with Gasteiger partial charge in [-0.1, -0.05) is 18.2 Å². The Morgan fingerprint density at radius 3 is 2.76 bits per heavy atom. The third-order valence-corrected chi connectivity index (χ3v) is 3.35. The molecule has 0 aliphatic carbocycles. The number of benzene rings is 2. The summed E-state index contributed by atoms with van der Waals surface area (Å²) in [6.07, 6.45) is 3.27. The number of methoxy groups -OCH3 is 1. The molecule has 0 saturated carbocycles. The molecule has 3 rings (SSSR count). The Kier molecular flexibility index (Phi) is 3.36. The molecule has 1 aromatic heterocycles. The van der Waals surface area contributed by atoms with E-state index in [9.17, 15) is 9.18 Å². The minimum Gasteiger partial charge on any atom is -0.497 e. The molecule has 21 heavy (non-hydrogen) atoms. The van der Waals surface area contributed by atoms with Crippen LogP contribution in [0.5, 0.6) is 5.75 Å². The Morgan fingerprint density at radius 1 is 1.14 bits per heavy atom. The van der Waals surface area contributed by atoms with Crippen molar-refractivity contribution in [3.8, 4) is 5.75 Å². The number of aromatic nitrogens is 1. The van der Waals surface area contributed by atoms with Gasteiger partial charge in [-0.25, -0.2) is 4.39 Å². The average molecular weight is 281 g/mol. The third-order valence-electron chi connectivity index (χ3n) is 3.35. The number of ether oxygens (including phenoxy) is 1. The fourth-order valence-corrected chi connectivity index (χ4v) is 2.26. The van der Waals surface area contributed by atoms with E-state index in [1.165, 1.54) is 19.2 Å². The molecule has 4 heteroatoms. The largest absolute Gasteiger partial charge is 0.497 e. The summed E-state index contributed by atoms with van der Waals surface area (Å²) in [6.45, 7) is 0. The first kappa shape index (κ1) is 13.2. The normalized spacial score (nSPS) is 10.6. The van der Waals surface area contributed by atoms with Crippen LogP contribution in [0.25, 0.3) is 10.8 Å². The quantitative estimate of drug-likeness (QED) is 0.688. The monoisotopic (exact) mass is 281 g/mol. The van der Waals surface area contributed by atoms with E-state index in [0.717, 1.165) is 5.39 Å². The van der Waals surface area contributed by atoms with E-state index in [0.29, 0.717) is 16.7 Å². The van der Waals surface area contributed by atoms with Gasteiger partial charge < -0.3 is 4.74 Å². The molecule has 3 nitrogen and oxygen atoms in total. The van der Waals surface area contributed by atoms with E-state index in [2.05, 4.69) is 4.98 Å². The summed E-state index contributed by atoms with van der Waals surface area (Å²) in [7, 11) is 1.45. The van der Waals surface area contributed by atoms with Crippen LogP contribution in [-0.4, -0.2) is 17.9 Å². The van der Waals surface area contributed by atoms with E-state index in [-0.39, 0.29) is 11.3 Å². The zero-order valence-electron chi connectivity index (χ0n) is 11.3. The summed E-state index contributed by atoms with van der Waals surface area (Å²) in [4.78, 5) is 16.6. The first-order valence-corrected chi connectivity index (χ1v) is 6.41. The predicted octanol–water partition coefficient (Wildman–Crippen LogP) is 3.61. The Bertz CT molecular complexity index is 825. The van der Waals surface area contributed by atoms with Gasteiger partial charge in [-0.15, -0.1) is 0 Å². The highest BCUT2D eigenvalue weighted by molar-refractivity contribution is 6.16. The molecule has 0 N–H and O–H groups in total. The molecular weight excluding hydrogens is 269 g/mol. The van der Waals surface area contributed by atoms with Crippen LogP contribution < -0.4 is 4.74 Å². The van der Waals surface area contributed by atoms with Gasteiger partial charge in [0.15, 0.2) is 5.78 Å². The lowest BCUT2D eigenvalue weighted by atomic mass is 9.98. The lowest BCUT2D eigenvalue weighted by molar-refractivity contribution is 0.103. The molecule has 0 spiro atoms. The van der Waals surface area contributed by atoms with Gasteiger partial charge in [0.25, 0.3) is 0 Å². The predicted molar refractivity (Wildman–Crippen MR) is 78.1 cm³/mol. The number of fused-ring (bicyclic) bond motifs is 1. The molecule has 104 valence electrons. The fourth-order valence-electron chi connectivity index (χ4n) is 2.26. The summed E-state index contributed by atoms with van der Waals surface area (Å²) < 4.78 is 19.0. The van der Waals surface area contributed by atoms with E-state index in [1.54, 1.807) is 30.6 Å². The van der Waals surface area contributed by atoms with Crippen molar-refractivity contribution in [2.45, 2.75) is 0 Å². The average Bonchev–Trinajstić information content (AvgIpc) is 2.53. The molecule has 0 atom stereocenters. The van der Waals surface area contributed by atoms with Crippen molar-refractivity contribution < 1.29 is 13.9 Å². The SMILES string of the molecule is COc1ccc(C(=O)c2cccc3ccncc23)c(F)c1. The van der Waals surface area contributed by atoms with E-state index in [1.807, 2.05) is 12.1 Å². The topological polar surface area (TPSA) is 39.2 Å². The summed E-state index contributed by atoms with van der Waals surface area (Å²) in [6, 6.07) is 11.4. The number of carbonyl (C=O) groups excluding carboxylic acids is 1. The van der Waals surface area contributed by atoms with Crippen molar-refractivity contribution in [3.63, 3.8) is 0 Å². The summed E-state index contributed by atoms with van der Waals surface area (Å²) in [5.41, 5.74) is 0.455. The summed E-state index contributed by atoms with van der Waals surface area (Å²) in [5, 5.41) is 1.60. The minimum absolute atomic E-state index is 0.0205. The molecular formula is C17H12FNO2. The van der Waals surface area contributed by atoms with Crippen molar-refractivity contribution in [3.05, 3.63) is 71.8 Å². The van der Waals surface area contributed by atoms with Gasteiger partial charge in [0.1, 0.15) is 11.6 Å². The second-order valence-electron chi connectivity index (χ2n) is 4.58. The maximum Gasteiger partial charge on any atom is 0.196 e. The highest BCUT2D eigenvalue weighted by Crippen LogP contribution is 2.23. The summed E-state index contributed by atoms with van der Waals surface area (Å²) >= 11 is 0. The number of carbonyl (C=O) groups is 1. The second-order valence-corrected chi connectivity index (χ2v) is 4.58. The number of hydrogen-bond acceptors (Lipinski definition) is 3. The Morgan fingerprint density at radius 2 is 2.00 bits per heavy atom. The van der Waals surface area contributed by atoms with Crippen LogP contribution in [0.15, 0.2) is 54.9 Å². The highest BCUT2D eigenvalue weighted by Gasteiger charge is 2.17. The van der Waals surface area contributed by atoms with Crippen LogP contribution in [0, 0.1) is 5.82 Å². The number of hydrogen-bond donors (Lipinski definition) is 0. The smallest absolute Gasteiger partial charge is 0.196 e. The molecule has 0 amide bonds. The number of nitrogens with zero attached hydrogens (tertiary/aromatic N) is 1. The van der Waals surface area contributed by atoms with Gasteiger partial charge in [0, 0.05) is 29.4 Å². The number of rotatable bonds is 3. The molecule has 1 heterocycles. The number of halogens is 1. The number of ketones is 1. The van der Waals surface area contributed by atoms with Gasteiger partial charge in [-0.05, 0) is 23.6 Å². The van der Waals surface area contributed by atoms with E-state index >= 15 is 0 Å². The van der Waals surface area contributed by atoms with Gasteiger partial charge in [-0.3, -0.25) is 9.78 Å². The van der Waals surface area contributed by atoms with Crippen LogP contribution in [0.3, 0.4) is 0 Å². The van der Waals surface area contributed by atoms with Gasteiger partial charge in [-0.2, -0.15) is 0 Å². The third kappa shape index (κ3) is 2.36. The first-order valence-electron chi connectivity index (χ1n) is 6.41. The molecule has 0 saturated heterocycles. The van der Waals surface area contributed by atoms with Crippen molar-refractivity contribution in [2.24, 2.45) is 0 Å². The molecule has 0 bridgehead atoms. The van der Waals surface area contributed by atoms with Crippen LogP contribution in [-0.2, 0) is 0 Å². The molecule has 0 aliphatic rings. The standard InChI is InChI=1S/C17H12FNO2/c1-21-12-5-6-14(16(18)9-12)17(20)13-4-2-3-11-7-8-19-10-15(11)13/h2-10H,1H3. The van der Waals surface area contributed by atoms with Crippen molar-refractivity contribution in [1.29, 1.82) is 0 Å². The zero-order chi connectivity index (χ0) is 14.8. The lowest BCUT2D eigenvalue weighted by Crippen LogP contribution is -2.05.